The number of hydrogen-bond donors (Lipinski definition) is 0. The molecule has 0 saturated carbocycles. The predicted octanol–water partition coefficient (Wildman–Crippen LogP) is 6.82. The van der Waals surface area contributed by atoms with Crippen molar-refractivity contribution in [2.75, 3.05) is 6.61 Å². The Kier molecular flexibility index (Phi) is 5.54. The summed E-state index contributed by atoms with van der Waals surface area (Å²) in [6, 6.07) is 9.73. The van der Waals surface area contributed by atoms with Crippen molar-refractivity contribution in [3.8, 4) is 16.9 Å². The molecule has 0 aliphatic carbocycles. The van der Waals surface area contributed by atoms with Gasteiger partial charge in [-0.3, -0.25) is 0 Å². The van der Waals surface area contributed by atoms with E-state index in [0.29, 0.717) is 5.56 Å². The monoisotopic (exact) mass is 398 g/mol. The van der Waals surface area contributed by atoms with Crippen molar-refractivity contribution in [1.29, 1.82) is 0 Å². The lowest BCUT2D eigenvalue weighted by Crippen LogP contribution is -2.20. The largest absolute Gasteiger partial charge is 0.478 e. The number of aryl methyl sites for hydroxylation is 1. The van der Waals surface area contributed by atoms with Gasteiger partial charge in [-0.05, 0) is 41.1 Å². The summed E-state index contributed by atoms with van der Waals surface area (Å²) in [5, 5.41) is -0.0331. The number of benzene rings is 3. The van der Waals surface area contributed by atoms with Crippen LogP contribution in [-0.4, -0.2) is 12.8 Å². The maximum absolute atomic E-state index is 14.4. The highest BCUT2D eigenvalue weighted by molar-refractivity contribution is 5.89. The van der Waals surface area contributed by atoms with Crippen LogP contribution in [0.1, 0.15) is 18.9 Å². The maximum atomic E-state index is 14.4. The van der Waals surface area contributed by atoms with Crippen LogP contribution in [0.25, 0.3) is 21.9 Å². The first kappa shape index (κ1) is 20.0. The van der Waals surface area contributed by atoms with E-state index in [1.807, 2.05) is 6.92 Å². The average molecular weight is 398 g/mol. The molecule has 0 saturated heterocycles. The van der Waals surface area contributed by atoms with Crippen molar-refractivity contribution >= 4 is 10.8 Å². The molecule has 0 N–H and O–H groups in total. The molecule has 0 heterocycles. The number of hydrogen-bond acceptors (Lipinski definition) is 1. The molecule has 0 unspecified atom stereocenters. The van der Waals surface area contributed by atoms with E-state index in [-0.39, 0.29) is 16.3 Å². The number of rotatable bonds is 5. The van der Waals surface area contributed by atoms with Crippen molar-refractivity contribution in [3.63, 3.8) is 0 Å². The third-order valence-corrected chi connectivity index (χ3v) is 4.25. The van der Waals surface area contributed by atoms with Crippen LogP contribution in [0.5, 0.6) is 5.75 Å². The fourth-order valence-electron chi connectivity index (χ4n) is 3.00. The lowest BCUT2D eigenvalue weighted by atomic mass is 9.98. The first-order valence-corrected chi connectivity index (χ1v) is 8.59. The number of fused-ring (bicyclic) bond motifs is 1. The summed E-state index contributed by atoms with van der Waals surface area (Å²) in [6.07, 6.45) is -3.13. The Morgan fingerprint density at radius 1 is 0.893 bits per heavy atom. The van der Waals surface area contributed by atoms with Crippen LogP contribution in [0.2, 0.25) is 0 Å². The van der Waals surface area contributed by atoms with Crippen molar-refractivity contribution in [1.82, 2.24) is 0 Å². The van der Waals surface area contributed by atoms with Gasteiger partial charge in [0.15, 0.2) is 24.0 Å². The van der Waals surface area contributed by atoms with Crippen LogP contribution in [0.4, 0.5) is 26.3 Å². The van der Waals surface area contributed by atoms with E-state index in [0.717, 1.165) is 24.5 Å². The second-order valence-corrected chi connectivity index (χ2v) is 6.41. The molecule has 0 aromatic heterocycles. The SMILES string of the molecule is CCCc1ccc(-c2ccc3c(F)c(OCC(F)(F)F)c(F)cc3c2)c(F)c1. The molecular formula is C21H16F6O. The zero-order valence-electron chi connectivity index (χ0n) is 14.8. The molecule has 28 heavy (non-hydrogen) atoms. The smallest absolute Gasteiger partial charge is 0.422 e. The lowest BCUT2D eigenvalue weighted by molar-refractivity contribution is -0.154. The van der Waals surface area contributed by atoms with Gasteiger partial charge in [0, 0.05) is 10.9 Å². The number of alkyl halides is 3. The zero-order chi connectivity index (χ0) is 20.5. The third kappa shape index (κ3) is 4.24. The quantitative estimate of drug-likeness (QED) is 0.429. The first-order valence-electron chi connectivity index (χ1n) is 8.59. The van der Waals surface area contributed by atoms with Crippen LogP contribution < -0.4 is 4.74 Å². The van der Waals surface area contributed by atoms with Gasteiger partial charge in [0.2, 0.25) is 0 Å². The van der Waals surface area contributed by atoms with Crippen LogP contribution in [0, 0.1) is 17.5 Å². The van der Waals surface area contributed by atoms with E-state index >= 15 is 0 Å². The van der Waals surface area contributed by atoms with E-state index in [1.165, 1.54) is 24.3 Å². The summed E-state index contributed by atoms with van der Waals surface area (Å²) in [4.78, 5) is 0. The fourth-order valence-corrected chi connectivity index (χ4v) is 3.00. The summed E-state index contributed by atoms with van der Waals surface area (Å²) in [5.74, 6) is -4.04. The second-order valence-electron chi connectivity index (χ2n) is 6.41. The van der Waals surface area contributed by atoms with Crippen LogP contribution >= 0.6 is 0 Å². The molecule has 0 aliphatic heterocycles. The predicted molar refractivity (Wildman–Crippen MR) is 94.8 cm³/mol. The van der Waals surface area contributed by atoms with E-state index in [2.05, 4.69) is 4.74 Å². The molecule has 3 aromatic carbocycles. The van der Waals surface area contributed by atoms with Gasteiger partial charge < -0.3 is 4.74 Å². The van der Waals surface area contributed by atoms with E-state index < -0.39 is 36.0 Å². The Morgan fingerprint density at radius 3 is 2.29 bits per heavy atom. The zero-order valence-corrected chi connectivity index (χ0v) is 14.8. The van der Waals surface area contributed by atoms with Crippen LogP contribution in [0.15, 0.2) is 42.5 Å². The van der Waals surface area contributed by atoms with Gasteiger partial charge in [0.25, 0.3) is 0 Å². The summed E-state index contributed by atoms with van der Waals surface area (Å²) in [5.41, 5.74) is 1.50. The average Bonchev–Trinajstić information content (AvgIpc) is 2.60. The van der Waals surface area contributed by atoms with Gasteiger partial charge >= 0.3 is 6.18 Å². The summed E-state index contributed by atoms with van der Waals surface area (Å²) >= 11 is 0. The molecular weight excluding hydrogens is 382 g/mol. The Bertz CT molecular complexity index is 1010. The van der Waals surface area contributed by atoms with Crippen molar-refractivity contribution in [2.45, 2.75) is 25.9 Å². The molecule has 0 fully saturated rings. The summed E-state index contributed by atoms with van der Waals surface area (Å²) < 4.78 is 84.0. The molecule has 0 spiro atoms. The van der Waals surface area contributed by atoms with Gasteiger partial charge in [-0.15, -0.1) is 0 Å². The van der Waals surface area contributed by atoms with E-state index in [4.69, 9.17) is 0 Å². The molecule has 0 radical (unpaired) electrons. The van der Waals surface area contributed by atoms with Crippen LogP contribution in [-0.2, 0) is 6.42 Å². The van der Waals surface area contributed by atoms with Gasteiger partial charge in [0.1, 0.15) is 5.82 Å². The summed E-state index contributed by atoms with van der Waals surface area (Å²) in [6.45, 7) is 0.171. The standard InChI is InChI=1S/C21H16F6O/c1-2-3-12-4-6-15(17(22)8-12)13-5-7-16-14(9-13)10-18(23)20(19(16)24)28-11-21(25,26)27/h4-10H,2-3,11H2,1H3. The van der Waals surface area contributed by atoms with Gasteiger partial charge in [-0.1, -0.05) is 37.6 Å². The normalized spacial score (nSPS) is 11.8. The van der Waals surface area contributed by atoms with Crippen molar-refractivity contribution in [2.24, 2.45) is 0 Å². The van der Waals surface area contributed by atoms with Gasteiger partial charge in [-0.2, -0.15) is 13.2 Å². The molecule has 3 aromatic rings. The van der Waals surface area contributed by atoms with Gasteiger partial charge in [0.05, 0.1) is 0 Å². The fraction of sp³-hybridized carbons (Fsp3) is 0.238. The highest BCUT2D eigenvalue weighted by Crippen LogP contribution is 2.34. The van der Waals surface area contributed by atoms with Crippen molar-refractivity contribution in [3.05, 3.63) is 65.5 Å². The lowest BCUT2D eigenvalue weighted by Gasteiger charge is -2.13. The number of ether oxygens (including phenoxy) is 1. The highest BCUT2D eigenvalue weighted by atomic mass is 19.4. The van der Waals surface area contributed by atoms with E-state index in [1.54, 1.807) is 12.1 Å². The Labute approximate surface area is 157 Å². The number of halogens is 6. The van der Waals surface area contributed by atoms with Gasteiger partial charge in [-0.25, -0.2) is 13.2 Å². The third-order valence-electron chi connectivity index (χ3n) is 4.25. The molecule has 7 heteroatoms. The second kappa shape index (κ2) is 7.73. The molecule has 0 atom stereocenters. The molecule has 1 nitrogen and oxygen atoms in total. The minimum Gasteiger partial charge on any atom is -0.478 e. The van der Waals surface area contributed by atoms with Crippen molar-refractivity contribution < 1.29 is 31.1 Å². The topological polar surface area (TPSA) is 9.23 Å². The van der Waals surface area contributed by atoms with Crippen LogP contribution in [0.3, 0.4) is 0 Å². The molecule has 0 amide bonds. The molecule has 148 valence electrons. The molecule has 0 bridgehead atoms. The summed E-state index contributed by atoms with van der Waals surface area (Å²) in [7, 11) is 0. The Balaban J connectivity index is 2.01. The Morgan fingerprint density at radius 2 is 1.64 bits per heavy atom. The maximum Gasteiger partial charge on any atom is 0.422 e. The highest BCUT2D eigenvalue weighted by Gasteiger charge is 2.30. The first-order chi connectivity index (χ1) is 13.2. The Hall–Kier alpha value is -2.70. The minimum atomic E-state index is -4.72. The molecule has 3 rings (SSSR count). The van der Waals surface area contributed by atoms with E-state index in [9.17, 15) is 26.3 Å². The minimum absolute atomic E-state index is 0.0869. The molecule has 0 aliphatic rings.